The molecule has 0 fully saturated rings. The smallest absolute Gasteiger partial charge is 0.871 e. The summed E-state index contributed by atoms with van der Waals surface area (Å²) >= 11 is 0. The van der Waals surface area contributed by atoms with Gasteiger partial charge in [-0.3, -0.25) is 0 Å². The summed E-state index contributed by atoms with van der Waals surface area (Å²) in [5, 5.41) is 52.1. The van der Waals surface area contributed by atoms with Crippen LogP contribution in [-0.2, 0) is 17.1 Å². The zero-order valence-corrected chi connectivity index (χ0v) is 30.3. The Morgan fingerprint density at radius 3 is 1.69 bits per heavy atom. The fourth-order valence-corrected chi connectivity index (χ4v) is 7.51. The molecule has 0 bridgehead atoms. The van der Waals surface area contributed by atoms with Crippen LogP contribution in [0.25, 0.3) is 54.2 Å². The van der Waals surface area contributed by atoms with Crippen LogP contribution < -0.4 is 10.2 Å². The molecule has 7 heteroatoms. The Hall–Kier alpha value is -6.50. The Kier molecular flexibility index (Phi) is 9.99. The molecule has 267 valence electrons. The van der Waals surface area contributed by atoms with Gasteiger partial charge in [0.2, 0.25) is 0 Å². The molecule has 9 aromatic rings. The van der Waals surface area contributed by atoms with Crippen LogP contribution in [0, 0.1) is 0 Å². The summed E-state index contributed by atoms with van der Waals surface area (Å²) in [5.41, 5.74) is 5.71. The SMILES string of the molecule is [Cu+2].[O-]C1c2c(ccc3ccccc23)-c2ccccc2C1N=Nc1ccccc1.[O-]c1c(N=Nc2ccccc2)c2ccccc2c2ccc3ccccc3c12. The molecule has 9 aromatic carbocycles. The topological polar surface area (TPSA) is 95.6 Å². The fraction of sp³-hybridized carbons (Fsp3) is 0.0417. The van der Waals surface area contributed by atoms with Gasteiger partial charge in [-0.15, -0.1) is 0 Å². The molecule has 0 N–H and O–H groups in total. The van der Waals surface area contributed by atoms with E-state index in [1.165, 1.54) is 0 Å². The van der Waals surface area contributed by atoms with Crippen LogP contribution in [0.15, 0.2) is 202 Å². The molecule has 1 aliphatic rings. The fourth-order valence-electron chi connectivity index (χ4n) is 7.51. The summed E-state index contributed by atoms with van der Waals surface area (Å²) in [5.74, 6) is -0.0832. The van der Waals surface area contributed by atoms with Gasteiger partial charge in [0, 0.05) is 5.39 Å². The number of fused-ring (bicyclic) bond motifs is 10. The Bertz CT molecular complexity index is 2880. The summed E-state index contributed by atoms with van der Waals surface area (Å²) in [6.45, 7) is 0. The maximum absolute atomic E-state index is 13.5. The van der Waals surface area contributed by atoms with Gasteiger partial charge in [-0.25, -0.2) is 0 Å². The molecule has 2 atom stereocenters. The second kappa shape index (κ2) is 15.5. The van der Waals surface area contributed by atoms with Crippen molar-refractivity contribution >= 4 is 60.2 Å². The first-order valence-corrected chi connectivity index (χ1v) is 17.9. The second-order valence-corrected chi connectivity index (χ2v) is 13.2. The predicted molar refractivity (Wildman–Crippen MR) is 215 cm³/mol. The van der Waals surface area contributed by atoms with Crippen molar-refractivity contribution in [1.29, 1.82) is 0 Å². The van der Waals surface area contributed by atoms with Crippen molar-refractivity contribution in [2.75, 3.05) is 0 Å². The second-order valence-electron chi connectivity index (χ2n) is 13.2. The van der Waals surface area contributed by atoms with E-state index >= 15 is 0 Å². The Labute approximate surface area is 328 Å². The van der Waals surface area contributed by atoms with Crippen LogP contribution in [0.4, 0.5) is 17.1 Å². The predicted octanol–water partition coefficient (Wildman–Crippen LogP) is 12.4. The average molecular weight is 760 g/mol. The van der Waals surface area contributed by atoms with E-state index in [0.717, 1.165) is 71.3 Å². The summed E-state index contributed by atoms with van der Waals surface area (Å²) in [6, 6.07) is 58.6. The number of rotatable bonds is 4. The molecule has 0 heterocycles. The van der Waals surface area contributed by atoms with Crippen molar-refractivity contribution in [2.24, 2.45) is 20.5 Å². The number of hydrogen-bond donors (Lipinski definition) is 0. The molecule has 0 saturated heterocycles. The van der Waals surface area contributed by atoms with E-state index in [0.29, 0.717) is 11.1 Å². The third kappa shape index (κ3) is 6.66. The molecule has 1 aliphatic carbocycles. The minimum Gasteiger partial charge on any atom is -0.871 e. The van der Waals surface area contributed by atoms with Crippen LogP contribution in [0.3, 0.4) is 0 Å². The third-order valence-corrected chi connectivity index (χ3v) is 10.0. The number of azo groups is 2. The van der Waals surface area contributed by atoms with Crippen LogP contribution in [-0.4, -0.2) is 0 Å². The van der Waals surface area contributed by atoms with Gasteiger partial charge in [-0.1, -0.05) is 170 Å². The van der Waals surface area contributed by atoms with Gasteiger partial charge in [0.25, 0.3) is 0 Å². The van der Waals surface area contributed by atoms with E-state index in [-0.39, 0.29) is 22.8 Å². The van der Waals surface area contributed by atoms with Crippen molar-refractivity contribution in [3.05, 3.63) is 193 Å². The molecular weight excluding hydrogens is 728 g/mol. The molecule has 0 aromatic heterocycles. The summed E-state index contributed by atoms with van der Waals surface area (Å²) in [7, 11) is 0. The number of nitrogens with zero attached hydrogens (tertiary/aromatic N) is 4. The molecule has 6 nitrogen and oxygen atoms in total. The summed E-state index contributed by atoms with van der Waals surface area (Å²) in [4.78, 5) is 0. The van der Waals surface area contributed by atoms with E-state index in [2.05, 4.69) is 44.7 Å². The van der Waals surface area contributed by atoms with Crippen LogP contribution in [0.1, 0.15) is 23.3 Å². The molecule has 0 aliphatic heterocycles. The monoisotopic (exact) mass is 759 g/mol. The van der Waals surface area contributed by atoms with Crippen molar-refractivity contribution in [3.8, 4) is 16.9 Å². The minimum absolute atomic E-state index is 0. The first kappa shape index (κ1) is 35.5. The van der Waals surface area contributed by atoms with E-state index in [4.69, 9.17) is 0 Å². The van der Waals surface area contributed by atoms with Crippen LogP contribution in [0.5, 0.6) is 5.75 Å². The molecule has 2 unspecified atom stereocenters. The van der Waals surface area contributed by atoms with E-state index in [1.54, 1.807) is 0 Å². The van der Waals surface area contributed by atoms with Crippen LogP contribution in [0.2, 0.25) is 0 Å². The van der Waals surface area contributed by atoms with E-state index in [9.17, 15) is 10.2 Å². The molecule has 10 rings (SSSR count). The maximum Gasteiger partial charge on any atom is 2.00 e. The largest absolute Gasteiger partial charge is 2.00 e. The van der Waals surface area contributed by atoms with Crippen molar-refractivity contribution in [1.82, 2.24) is 0 Å². The normalized spacial score (nSPS) is 14.8. The minimum atomic E-state index is -0.992. The zero-order chi connectivity index (χ0) is 36.4. The molecule has 0 saturated carbocycles. The summed E-state index contributed by atoms with van der Waals surface area (Å²) in [6.07, 6.45) is -0.992. The zero-order valence-electron chi connectivity index (χ0n) is 29.4. The molecule has 0 spiro atoms. The molecule has 55 heavy (non-hydrogen) atoms. The van der Waals surface area contributed by atoms with Crippen molar-refractivity contribution in [3.63, 3.8) is 0 Å². The van der Waals surface area contributed by atoms with E-state index in [1.807, 2.05) is 158 Å². The van der Waals surface area contributed by atoms with Crippen LogP contribution >= 0.6 is 0 Å². The van der Waals surface area contributed by atoms with Crippen molar-refractivity contribution < 1.29 is 27.3 Å². The van der Waals surface area contributed by atoms with Gasteiger partial charge in [0.15, 0.2) is 0 Å². The standard InChI is InChI=1S/C24H17N2O.C24H16N2O.Cu/c2*27-24-22-18-11-5-4-8-16(18)14-15-20(22)19-12-6-7-13-21(19)23(24)26-25-17-9-2-1-3-10-17;/h1-15,23-24H;1-15,27H;/q-1;;+2/p-1. The average Bonchev–Trinajstić information content (AvgIpc) is 3.24. The van der Waals surface area contributed by atoms with Gasteiger partial charge < -0.3 is 10.2 Å². The molecule has 0 amide bonds. The quantitative estimate of drug-likeness (QED) is 0.101. The Morgan fingerprint density at radius 2 is 0.964 bits per heavy atom. The van der Waals surface area contributed by atoms with Gasteiger partial charge in [0.05, 0.1) is 23.1 Å². The van der Waals surface area contributed by atoms with Gasteiger partial charge in [-0.2, -0.15) is 20.5 Å². The summed E-state index contributed by atoms with van der Waals surface area (Å²) < 4.78 is 0. The third-order valence-electron chi connectivity index (χ3n) is 10.0. The van der Waals surface area contributed by atoms with Gasteiger partial charge in [-0.05, 0) is 84.2 Å². The number of benzene rings is 9. The number of hydrogen-bond acceptors (Lipinski definition) is 6. The Balaban J connectivity index is 0.000000153. The first-order chi connectivity index (χ1) is 26.7. The van der Waals surface area contributed by atoms with Gasteiger partial charge >= 0.3 is 17.1 Å². The Morgan fingerprint density at radius 1 is 0.418 bits per heavy atom. The van der Waals surface area contributed by atoms with Crippen molar-refractivity contribution in [2.45, 2.75) is 12.1 Å². The van der Waals surface area contributed by atoms with Gasteiger partial charge in [0.1, 0.15) is 0 Å². The molecule has 1 radical (unpaired) electrons. The van der Waals surface area contributed by atoms with E-state index < -0.39 is 12.1 Å². The molecular formula is C48H32CuN4O2. The maximum atomic E-state index is 13.5. The first-order valence-electron chi connectivity index (χ1n) is 17.9.